The molecule has 0 saturated heterocycles. The molecule has 0 aliphatic carbocycles. The van der Waals surface area contributed by atoms with Crippen molar-refractivity contribution in [2.45, 2.75) is 290 Å². The SMILES string of the molecule is CCCCCCCCCCC/C=C\C(OC(=O)CCCCCCCCCCCCCCCCCCC)C(COP(=O)([O-])OCC[N+](C)(C)C)NC(=O)CCCCCCCCCCCCC. The zero-order valence-electron chi connectivity index (χ0n) is 44.0. The van der Waals surface area contributed by atoms with E-state index in [0.717, 1.165) is 57.8 Å². The summed E-state index contributed by atoms with van der Waals surface area (Å²) in [5.41, 5.74) is 0. The van der Waals surface area contributed by atoms with Crippen molar-refractivity contribution in [2.24, 2.45) is 0 Å². The van der Waals surface area contributed by atoms with E-state index in [1.54, 1.807) is 0 Å². The molecule has 10 heteroatoms. The number of hydrogen-bond donors (Lipinski definition) is 1. The maximum atomic E-state index is 13.4. The van der Waals surface area contributed by atoms with E-state index in [-0.39, 0.29) is 31.5 Å². The lowest BCUT2D eigenvalue weighted by atomic mass is 10.0. The molecule has 3 unspecified atom stereocenters. The summed E-state index contributed by atoms with van der Waals surface area (Å²) in [7, 11) is 1.20. The topological polar surface area (TPSA) is 114 Å². The molecule has 1 N–H and O–H groups in total. The van der Waals surface area contributed by atoms with Gasteiger partial charge in [0.2, 0.25) is 5.91 Å². The number of nitrogens with zero attached hydrogens (tertiary/aromatic N) is 1. The summed E-state index contributed by atoms with van der Waals surface area (Å²) in [5, 5.41) is 3.02. The van der Waals surface area contributed by atoms with Crippen molar-refractivity contribution in [2.75, 3.05) is 40.9 Å². The quantitative estimate of drug-likeness (QED) is 0.0212. The predicted octanol–water partition coefficient (Wildman–Crippen LogP) is 15.8. The summed E-state index contributed by atoms with van der Waals surface area (Å²) in [6.45, 7) is 6.85. The Hall–Kier alpha value is -1.25. The van der Waals surface area contributed by atoms with Crippen LogP contribution in [0.25, 0.3) is 0 Å². The summed E-state index contributed by atoms with van der Waals surface area (Å²) < 4.78 is 30.2. The van der Waals surface area contributed by atoms with Gasteiger partial charge in [-0.2, -0.15) is 0 Å². The molecule has 0 saturated carbocycles. The predicted molar refractivity (Wildman–Crippen MR) is 275 cm³/mol. The first-order chi connectivity index (χ1) is 31.4. The van der Waals surface area contributed by atoms with E-state index in [1.807, 2.05) is 33.3 Å². The van der Waals surface area contributed by atoms with Gasteiger partial charge in [0.05, 0.1) is 33.8 Å². The summed E-state index contributed by atoms with van der Waals surface area (Å²) in [6.07, 6.45) is 50.3. The largest absolute Gasteiger partial charge is 0.756 e. The molecule has 65 heavy (non-hydrogen) atoms. The monoisotopic (exact) mass is 941 g/mol. The number of quaternary nitrogens is 1. The summed E-state index contributed by atoms with van der Waals surface area (Å²) in [4.78, 5) is 39.7. The Bertz CT molecular complexity index is 1130. The van der Waals surface area contributed by atoms with Crippen LogP contribution in [0, 0.1) is 0 Å². The summed E-state index contributed by atoms with van der Waals surface area (Å²) >= 11 is 0. The van der Waals surface area contributed by atoms with Gasteiger partial charge in [-0.3, -0.25) is 14.2 Å². The van der Waals surface area contributed by atoms with Gasteiger partial charge in [0.25, 0.3) is 7.82 Å². The molecule has 0 aromatic heterocycles. The third-order valence-corrected chi connectivity index (χ3v) is 13.7. The maximum Gasteiger partial charge on any atom is 0.306 e. The molecular formula is C55H109N2O7P. The van der Waals surface area contributed by atoms with Crippen LogP contribution in [0.1, 0.15) is 278 Å². The molecule has 386 valence electrons. The van der Waals surface area contributed by atoms with Crippen LogP contribution in [-0.4, -0.2) is 69.4 Å². The lowest BCUT2D eigenvalue weighted by Gasteiger charge is -2.30. The molecule has 0 aromatic carbocycles. The number of likely N-dealkylation sites (N-methyl/N-ethyl adjacent to an activating group) is 1. The van der Waals surface area contributed by atoms with Crippen molar-refractivity contribution < 1.29 is 37.3 Å². The van der Waals surface area contributed by atoms with Crippen LogP contribution in [0.2, 0.25) is 0 Å². The van der Waals surface area contributed by atoms with Crippen LogP contribution in [0.4, 0.5) is 0 Å². The number of phosphoric acid groups is 1. The van der Waals surface area contributed by atoms with Crippen LogP contribution >= 0.6 is 7.82 Å². The Morgan fingerprint density at radius 2 is 0.877 bits per heavy atom. The molecule has 0 fully saturated rings. The van der Waals surface area contributed by atoms with Crippen LogP contribution in [-0.2, 0) is 27.9 Å². The van der Waals surface area contributed by atoms with Crippen molar-refractivity contribution >= 4 is 19.7 Å². The Labute approximate surface area is 403 Å². The molecule has 0 bridgehead atoms. The van der Waals surface area contributed by atoms with E-state index < -0.39 is 20.0 Å². The highest BCUT2D eigenvalue weighted by Crippen LogP contribution is 2.38. The number of carbonyl (C=O) groups excluding carboxylic acids is 2. The fourth-order valence-corrected chi connectivity index (χ4v) is 9.07. The molecule has 0 aliphatic heterocycles. The average Bonchev–Trinajstić information content (AvgIpc) is 3.26. The van der Waals surface area contributed by atoms with Gasteiger partial charge in [0.15, 0.2) is 0 Å². The number of ether oxygens (including phenoxy) is 1. The highest BCUT2D eigenvalue weighted by Gasteiger charge is 2.27. The van der Waals surface area contributed by atoms with Gasteiger partial charge in [-0.05, 0) is 31.8 Å². The lowest BCUT2D eigenvalue weighted by Crippen LogP contribution is -2.47. The zero-order valence-corrected chi connectivity index (χ0v) is 44.9. The second kappa shape index (κ2) is 46.5. The molecule has 3 atom stereocenters. The van der Waals surface area contributed by atoms with E-state index in [1.165, 1.54) is 186 Å². The first kappa shape index (κ1) is 63.8. The number of unbranched alkanes of at least 4 members (excludes halogenated alkanes) is 35. The van der Waals surface area contributed by atoms with E-state index in [4.69, 9.17) is 13.8 Å². The number of rotatable bonds is 51. The molecule has 0 heterocycles. The first-order valence-electron chi connectivity index (χ1n) is 28.0. The van der Waals surface area contributed by atoms with E-state index in [9.17, 15) is 19.0 Å². The van der Waals surface area contributed by atoms with Gasteiger partial charge in [-0.1, -0.05) is 245 Å². The molecule has 0 radical (unpaired) electrons. The van der Waals surface area contributed by atoms with Crippen molar-refractivity contribution in [1.29, 1.82) is 0 Å². The Balaban J connectivity index is 5.27. The lowest BCUT2D eigenvalue weighted by molar-refractivity contribution is -0.870. The van der Waals surface area contributed by atoms with E-state index in [0.29, 0.717) is 17.4 Å². The number of esters is 1. The number of amides is 1. The number of hydrogen-bond acceptors (Lipinski definition) is 7. The molecule has 0 aliphatic rings. The molecule has 0 aromatic rings. The third kappa shape index (κ3) is 47.6. The number of carbonyl (C=O) groups is 2. The van der Waals surface area contributed by atoms with Crippen LogP contribution in [0.15, 0.2) is 12.2 Å². The normalized spacial score (nSPS) is 13.9. The number of allylic oxidation sites excluding steroid dienone is 1. The standard InChI is InChI=1S/C55H109N2O7P/c1-7-10-13-16-19-22-25-26-27-28-29-30-33-36-39-42-45-48-55(59)64-53(46-43-40-37-34-31-23-20-17-14-11-8-2)52(51-63-65(60,61)62-50-49-57(4,5)6)56-54(58)47-44-41-38-35-32-24-21-18-15-12-9-3/h43,46,52-53H,7-42,44-45,47-51H2,1-6H3,(H-,56,58,60,61)/b46-43-. The second-order valence-electron chi connectivity index (χ2n) is 20.5. The number of phosphoric ester groups is 1. The Morgan fingerprint density at radius 3 is 1.26 bits per heavy atom. The number of nitrogens with one attached hydrogen (secondary N) is 1. The fourth-order valence-electron chi connectivity index (χ4n) is 8.35. The summed E-state index contributed by atoms with van der Waals surface area (Å²) in [5.74, 6) is -0.527. The third-order valence-electron chi connectivity index (χ3n) is 12.7. The maximum absolute atomic E-state index is 13.4. The van der Waals surface area contributed by atoms with Crippen molar-refractivity contribution in [1.82, 2.24) is 5.32 Å². The van der Waals surface area contributed by atoms with Crippen molar-refractivity contribution in [3.05, 3.63) is 12.2 Å². The van der Waals surface area contributed by atoms with Crippen molar-refractivity contribution in [3.63, 3.8) is 0 Å². The minimum absolute atomic E-state index is 0.0173. The second-order valence-corrected chi connectivity index (χ2v) is 21.9. The highest BCUT2D eigenvalue weighted by atomic mass is 31.2. The average molecular weight is 941 g/mol. The van der Waals surface area contributed by atoms with Crippen molar-refractivity contribution in [3.8, 4) is 0 Å². The Morgan fingerprint density at radius 1 is 0.523 bits per heavy atom. The van der Waals surface area contributed by atoms with Gasteiger partial charge in [0.1, 0.15) is 19.3 Å². The smallest absolute Gasteiger partial charge is 0.306 e. The molecule has 9 nitrogen and oxygen atoms in total. The van der Waals surface area contributed by atoms with Crippen LogP contribution in [0.5, 0.6) is 0 Å². The molecule has 0 spiro atoms. The van der Waals surface area contributed by atoms with Gasteiger partial charge in [0, 0.05) is 12.8 Å². The van der Waals surface area contributed by atoms with Gasteiger partial charge in [-0.15, -0.1) is 0 Å². The zero-order chi connectivity index (χ0) is 48.0. The van der Waals surface area contributed by atoms with Gasteiger partial charge >= 0.3 is 5.97 Å². The van der Waals surface area contributed by atoms with Crippen LogP contribution in [0.3, 0.4) is 0 Å². The minimum Gasteiger partial charge on any atom is -0.756 e. The van der Waals surface area contributed by atoms with Gasteiger partial charge < -0.3 is 28.5 Å². The molecule has 0 rings (SSSR count). The highest BCUT2D eigenvalue weighted by molar-refractivity contribution is 7.45. The molecule has 1 amide bonds. The van der Waals surface area contributed by atoms with E-state index in [2.05, 4.69) is 26.1 Å². The fraction of sp³-hybridized carbons (Fsp3) is 0.927. The molecular weight excluding hydrogens is 832 g/mol. The van der Waals surface area contributed by atoms with Gasteiger partial charge in [-0.25, -0.2) is 0 Å². The minimum atomic E-state index is -4.68. The first-order valence-corrected chi connectivity index (χ1v) is 29.5. The van der Waals surface area contributed by atoms with Crippen LogP contribution < -0.4 is 10.2 Å². The summed E-state index contributed by atoms with van der Waals surface area (Å²) in [6, 6.07) is -0.877. The van der Waals surface area contributed by atoms with E-state index >= 15 is 0 Å². The Kier molecular flexibility index (Phi) is 45.6.